The van der Waals surface area contributed by atoms with Gasteiger partial charge >= 0.3 is 0 Å². The predicted octanol–water partition coefficient (Wildman–Crippen LogP) is -6.92. The van der Waals surface area contributed by atoms with Crippen LogP contribution in [0, 0.1) is 0 Å². The molecule has 3 aliphatic heterocycles. The van der Waals surface area contributed by atoms with Crippen LogP contribution in [-0.2, 0) is 28.4 Å². The summed E-state index contributed by atoms with van der Waals surface area (Å²) in [6.45, 7) is -1.21. The van der Waals surface area contributed by atoms with Crippen LogP contribution in [-0.4, -0.2) is 170 Å². The molecule has 0 bridgehead atoms. The molecule has 10 N–H and O–H groups in total. The third kappa shape index (κ3) is 6.27. The van der Waals surface area contributed by atoms with Gasteiger partial charge in [0.15, 0.2) is 18.9 Å². The number of aliphatic hydroxyl groups excluding tert-OH is 10. The summed E-state index contributed by atoms with van der Waals surface area (Å²) < 4.78 is 31.4. The number of hydrogen-bond donors (Lipinski definition) is 10. The fourth-order valence-electron chi connectivity index (χ4n) is 4.00. The minimum atomic E-state index is -1.81. The first-order valence-corrected chi connectivity index (χ1v) is 11.0. The lowest BCUT2D eigenvalue weighted by atomic mass is 9.98. The minimum Gasteiger partial charge on any atom is -0.387 e. The van der Waals surface area contributed by atoms with Crippen molar-refractivity contribution in [1.82, 2.24) is 0 Å². The van der Waals surface area contributed by atoms with Crippen LogP contribution in [0.3, 0.4) is 0 Å². The molecule has 3 heterocycles. The maximum atomic E-state index is 10.3. The second-order valence-corrected chi connectivity index (χ2v) is 8.69. The number of methoxy groups -OCH3 is 1. The highest BCUT2D eigenvalue weighted by molar-refractivity contribution is 4.93. The standard InChI is InChI=1S/C19H34O16/c1-30-2-5-8(20)12(24)15(27)18(34-5)32-4-7-10(22)13(25)16(28)19(35-7)31-3-6-9(21)11(23)14(26)17(29)33-6/h5-29H,2-4H2,1H3/t5?,6?,7?,8-,9-,10-,11+,12+,13+,14?,15?,16?,17+,18+,19+/m1/s1. The molecule has 15 atom stereocenters. The van der Waals surface area contributed by atoms with Gasteiger partial charge in [0.05, 0.1) is 19.8 Å². The largest absolute Gasteiger partial charge is 0.387 e. The Balaban J connectivity index is 1.58. The molecular weight excluding hydrogens is 484 g/mol. The molecule has 3 fully saturated rings. The molecule has 0 aromatic rings. The van der Waals surface area contributed by atoms with E-state index in [1.807, 2.05) is 0 Å². The second-order valence-electron chi connectivity index (χ2n) is 8.69. The SMILES string of the molecule is COCC1O[C@H](OCC2O[C@H](OCC3O[C@H](O)C(O)[C@@H](O)[C@@H]3O)C(O)[C@@H](O)[C@@H]2O)C(O)[C@@H](O)[C@@H]1O. The van der Waals surface area contributed by atoms with Gasteiger partial charge in [0, 0.05) is 7.11 Å². The van der Waals surface area contributed by atoms with Crippen molar-refractivity contribution in [2.75, 3.05) is 26.9 Å². The lowest BCUT2D eigenvalue weighted by Gasteiger charge is -2.43. The van der Waals surface area contributed by atoms with Gasteiger partial charge in [-0.05, 0) is 0 Å². The van der Waals surface area contributed by atoms with Crippen molar-refractivity contribution in [2.24, 2.45) is 0 Å². The summed E-state index contributed by atoms with van der Waals surface area (Å²) in [5.74, 6) is 0. The van der Waals surface area contributed by atoms with Crippen LogP contribution in [0.25, 0.3) is 0 Å². The molecule has 0 aliphatic carbocycles. The lowest BCUT2D eigenvalue weighted by molar-refractivity contribution is -0.340. The molecule has 0 spiro atoms. The Hall–Kier alpha value is -0.640. The first kappa shape index (κ1) is 28.9. The highest BCUT2D eigenvalue weighted by atomic mass is 16.7. The fourth-order valence-corrected chi connectivity index (χ4v) is 4.00. The van der Waals surface area contributed by atoms with Crippen molar-refractivity contribution >= 4 is 0 Å². The Morgan fingerprint density at radius 3 is 1.26 bits per heavy atom. The van der Waals surface area contributed by atoms with Crippen LogP contribution in [0.4, 0.5) is 0 Å². The molecular formula is C19H34O16. The third-order valence-corrected chi connectivity index (χ3v) is 6.20. The zero-order valence-corrected chi connectivity index (χ0v) is 18.7. The number of hydrogen-bond acceptors (Lipinski definition) is 16. The molecule has 0 aromatic heterocycles. The van der Waals surface area contributed by atoms with Crippen molar-refractivity contribution in [1.29, 1.82) is 0 Å². The minimum absolute atomic E-state index is 0.121. The first-order valence-electron chi connectivity index (χ1n) is 11.0. The van der Waals surface area contributed by atoms with E-state index < -0.39 is 105 Å². The number of rotatable bonds is 8. The highest BCUT2D eigenvalue weighted by Crippen LogP contribution is 2.27. The molecule has 35 heavy (non-hydrogen) atoms. The van der Waals surface area contributed by atoms with E-state index in [9.17, 15) is 51.1 Å². The van der Waals surface area contributed by atoms with E-state index in [-0.39, 0.29) is 6.61 Å². The summed E-state index contributed by atoms with van der Waals surface area (Å²) in [6, 6.07) is 0. The van der Waals surface area contributed by atoms with Crippen LogP contribution < -0.4 is 0 Å². The Morgan fingerprint density at radius 2 is 0.829 bits per heavy atom. The molecule has 206 valence electrons. The molecule has 0 amide bonds. The molecule has 6 unspecified atom stereocenters. The zero-order chi connectivity index (χ0) is 26.0. The Kier molecular flexibility index (Phi) is 10.1. The molecule has 16 nitrogen and oxygen atoms in total. The van der Waals surface area contributed by atoms with Gasteiger partial charge in [0.1, 0.15) is 73.2 Å². The van der Waals surface area contributed by atoms with Crippen LogP contribution in [0.2, 0.25) is 0 Å². The Morgan fingerprint density at radius 1 is 0.457 bits per heavy atom. The molecule has 3 aliphatic rings. The van der Waals surface area contributed by atoms with Crippen LogP contribution in [0.15, 0.2) is 0 Å². The molecule has 0 saturated carbocycles. The molecule has 16 heteroatoms. The zero-order valence-electron chi connectivity index (χ0n) is 18.7. The molecule has 3 rings (SSSR count). The van der Waals surface area contributed by atoms with E-state index >= 15 is 0 Å². The van der Waals surface area contributed by atoms with Crippen LogP contribution in [0.5, 0.6) is 0 Å². The Bertz CT molecular complexity index is 656. The van der Waals surface area contributed by atoms with E-state index in [0.29, 0.717) is 0 Å². The normalized spacial score (nSPS) is 51.3. The van der Waals surface area contributed by atoms with Gasteiger partial charge in [0.2, 0.25) is 0 Å². The smallest absolute Gasteiger partial charge is 0.186 e. The van der Waals surface area contributed by atoms with Gasteiger partial charge in [-0.15, -0.1) is 0 Å². The van der Waals surface area contributed by atoms with Crippen molar-refractivity contribution in [2.45, 2.75) is 92.1 Å². The maximum absolute atomic E-state index is 10.3. The summed E-state index contributed by atoms with van der Waals surface area (Å²) in [5, 5.41) is 99.7. The van der Waals surface area contributed by atoms with E-state index in [1.165, 1.54) is 7.11 Å². The first-order chi connectivity index (χ1) is 16.5. The summed E-state index contributed by atoms with van der Waals surface area (Å²) in [7, 11) is 1.34. The van der Waals surface area contributed by atoms with E-state index in [4.69, 9.17) is 28.4 Å². The Labute approximate surface area is 199 Å². The van der Waals surface area contributed by atoms with Gasteiger partial charge in [-0.3, -0.25) is 0 Å². The van der Waals surface area contributed by atoms with E-state index in [1.54, 1.807) is 0 Å². The predicted molar refractivity (Wildman–Crippen MR) is 106 cm³/mol. The topological polar surface area (TPSA) is 258 Å². The second kappa shape index (κ2) is 12.3. The summed E-state index contributed by atoms with van der Waals surface area (Å²) >= 11 is 0. The van der Waals surface area contributed by atoms with Crippen molar-refractivity contribution in [3.05, 3.63) is 0 Å². The summed E-state index contributed by atoms with van der Waals surface area (Å²) in [4.78, 5) is 0. The van der Waals surface area contributed by atoms with Crippen LogP contribution >= 0.6 is 0 Å². The number of aliphatic hydroxyl groups is 10. The quantitative estimate of drug-likeness (QED) is 0.143. The van der Waals surface area contributed by atoms with Crippen molar-refractivity contribution < 1.29 is 79.5 Å². The van der Waals surface area contributed by atoms with E-state index in [0.717, 1.165) is 0 Å². The van der Waals surface area contributed by atoms with Crippen molar-refractivity contribution in [3.63, 3.8) is 0 Å². The average Bonchev–Trinajstić information content (AvgIpc) is 2.84. The van der Waals surface area contributed by atoms with E-state index in [2.05, 4.69) is 0 Å². The summed E-state index contributed by atoms with van der Waals surface area (Å²) in [5.41, 5.74) is 0. The van der Waals surface area contributed by atoms with Gasteiger partial charge in [-0.25, -0.2) is 0 Å². The van der Waals surface area contributed by atoms with Gasteiger partial charge in [-0.1, -0.05) is 0 Å². The molecule has 0 aromatic carbocycles. The molecule has 0 radical (unpaired) electrons. The number of ether oxygens (including phenoxy) is 6. The van der Waals surface area contributed by atoms with Crippen LogP contribution in [0.1, 0.15) is 0 Å². The summed E-state index contributed by atoms with van der Waals surface area (Å²) in [6.07, 6.45) is -23.7. The highest BCUT2D eigenvalue weighted by Gasteiger charge is 2.49. The monoisotopic (exact) mass is 518 g/mol. The average molecular weight is 518 g/mol. The van der Waals surface area contributed by atoms with Gasteiger partial charge in [-0.2, -0.15) is 0 Å². The fraction of sp³-hybridized carbons (Fsp3) is 1.00. The lowest BCUT2D eigenvalue weighted by Crippen LogP contribution is -2.62. The van der Waals surface area contributed by atoms with Crippen molar-refractivity contribution in [3.8, 4) is 0 Å². The van der Waals surface area contributed by atoms with Gasteiger partial charge in [0.25, 0.3) is 0 Å². The molecule has 3 saturated heterocycles. The maximum Gasteiger partial charge on any atom is 0.186 e. The van der Waals surface area contributed by atoms with Gasteiger partial charge < -0.3 is 79.5 Å². The third-order valence-electron chi connectivity index (χ3n) is 6.20.